The molecule has 0 rings (SSSR count). The molecule has 0 saturated carbocycles. The van der Waals surface area contributed by atoms with Crippen LogP contribution < -0.4 is 5.73 Å². The molecule has 0 aliphatic heterocycles. The molecule has 2 N–H and O–H groups in total. The molecule has 15 heavy (non-hydrogen) atoms. The van der Waals surface area contributed by atoms with Gasteiger partial charge in [0.2, 0.25) is 0 Å². The summed E-state index contributed by atoms with van der Waals surface area (Å²) >= 11 is 0. The van der Waals surface area contributed by atoms with Crippen LogP contribution in [0, 0.1) is 5.41 Å². The quantitative estimate of drug-likeness (QED) is 0.783. The molecule has 0 saturated heterocycles. The molecule has 1 unspecified atom stereocenters. The summed E-state index contributed by atoms with van der Waals surface area (Å²) in [5.41, 5.74) is 5.09. The summed E-state index contributed by atoms with van der Waals surface area (Å²) in [6, 6.07) is 0. The fourth-order valence-electron chi connectivity index (χ4n) is 1.00. The first-order chi connectivity index (χ1) is 6.67. The molecule has 0 aliphatic carbocycles. The Balaban J connectivity index is 3.98. The van der Waals surface area contributed by atoms with E-state index >= 15 is 0 Å². The van der Waals surface area contributed by atoms with Crippen LogP contribution in [0.2, 0.25) is 0 Å². The summed E-state index contributed by atoms with van der Waals surface area (Å²) < 4.78 is 41.9. The van der Waals surface area contributed by atoms with E-state index in [2.05, 4.69) is 0 Å². The van der Waals surface area contributed by atoms with Crippen molar-refractivity contribution in [3.8, 4) is 0 Å². The van der Waals surface area contributed by atoms with E-state index < -0.39 is 12.3 Å². The maximum absolute atomic E-state index is 12.3. The minimum Gasteiger partial charge on any atom is -0.369 e. The molecule has 0 spiro atoms. The lowest BCUT2D eigenvalue weighted by Crippen LogP contribution is -2.34. The fraction of sp³-hybridized carbons (Fsp3) is 1.00. The van der Waals surface area contributed by atoms with Gasteiger partial charge in [0.1, 0.15) is 0 Å². The standard InChI is InChI=1S/C10H20F3NO/c1-9(2,3)5-7-15-8(4-6-14)10(11,12)13/h8H,4-7,14H2,1-3H3. The maximum Gasteiger partial charge on any atom is 0.414 e. The fourth-order valence-corrected chi connectivity index (χ4v) is 1.00. The van der Waals surface area contributed by atoms with Crippen LogP contribution in [-0.4, -0.2) is 25.4 Å². The van der Waals surface area contributed by atoms with Crippen LogP contribution in [0.4, 0.5) is 13.2 Å². The second kappa shape index (κ2) is 5.70. The first kappa shape index (κ1) is 14.7. The van der Waals surface area contributed by atoms with Crippen LogP contribution in [0.25, 0.3) is 0 Å². The third-order valence-corrected chi connectivity index (χ3v) is 1.97. The highest BCUT2D eigenvalue weighted by Gasteiger charge is 2.39. The molecule has 0 aromatic rings. The van der Waals surface area contributed by atoms with Crippen LogP contribution in [0.15, 0.2) is 0 Å². The van der Waals surface area contributed by atoms with Gasteiger partial charge in [-0.2, -0.15) is 13.2 Å². The zero-order valence-corrected chi connectivity index (χ0v) is 9.53. The molecule has 0 aromatic heterocycles. The van der Waals surface area contributed by atoms with E-state index in [1.54, 1.807) is 0 Å². The van der Waals surface area contributed by atoms with Crippen molar-refractivity contribution in [2.45, 2.75) is 45.9 Å². The average molecular weight is 227 g/mol. The van der Waals surface area contributed by atoms with Gasteiger partial charge in [-0.25, -0.2) is 0 Å². The van der Waals surface area contributed by atoms with Crippen LogP contribution in [-0.2, 0) is 4.74 Å². The topological polar surface area (TPSA) is 35.2 Å². The summed E-state index contributed by atoms with van der Waals surface area (Å²) in [7, 11) is 0. The Labute approximate surface area is 89.0 Å². The van der Waals surface area contributed by atoms with E-state index in [9.17, 15) is 13.2 Å². The largest absolute Gasteiger partial charge is 0.414 e. The van der Waals surface area contributed by atoms with Crippen molar-refractivity contribution in [1.82, 2.24) is 0 Å². The lowest BCUT2D eigenvalue weighted by Gasteiger charge is -2.23. The van der Waals surface area contributed by atoms with Gasteiger partial charge in [0, 0.05) is 6.61 Å². The molecule has 0 fully saturated rings. The highest BCUT2D eigenvalue weighted by molar-refractivity contribution is 4.69. The molecule has 0 radical (unpaired) electrons. The summed E-state index contributed by atoms with van der Waals surface area (Å²) in [6.45, 7) is 5.99. The van der Waals surface area contributed by atoms with Crippen LogP contribution in [0.5, 0.6) is 0 Å². The van der Waals surface area contributed by atoms with E-state index in [1.807, 2.05) is 20.8 Å². The Morgan fingerprint density at radius 3 is 2.07 bits per heavy atom. The Kier molecular flexibility index (Phi) is 5.59. The average Bonchev–Trinajstić information content (AvgIpc) is 1.98. The Morgan fingerprint density at radius 2 is 1.73 bits per heavy atom. The van der Waals surface area contributed by atoms with Gasteiger partial charge in [-0.15, -0.1) is 0 Å². The zero-order chi connectivity index (χ0) is 12.1. The lowest BCUT2D eigenvalue weighted by atomic mass is 9.93. The van der Waals surface area contributed by atoms with E-state index in [4.69, 9.17) is 10.5 Å². The molecule has 0 bridgehead atoms. The number of rotatable bonds is 5. The molecule has 5 heteroatoms. The van der Waals surface area contributed by atoms with E-state index in [0.717, 1.165) is 0 Å². The van der Waals surface area contributed by atoms with E-state index in [-0.39, 0.29) is 25.0 Å². The van der Waals surface area contributed by atoms with Crippen molar-refractivity contribution < 1.29 is 17.9 Å². The SMILES string of the molecule is CC(C)(C)CCOC(CCN)C(F)(F)F. The van der Waals surface area contributed by atoms with Crippen LogP contribution in [0.3, 0.4) is 0 Å². The molecule has 2 nitrogen and oxygen atoms in total. The normalized spacial score (nSPS) is 15.4. The molecule has 1 atom stereocenters. The Hall–Kier alpha value is -0.290. The van der Waals surface area contributed by atoms with E-state index in [1.165, 1.54) is 0 Å². The number of hydrogen-bond acceptors (Lipinski definition) is 2. The van der Waals surface area contributed by atoms with Crippen molar-refractivity contribution in [3.63, 3.8) is 0 Å². The van der Waals surface area contributed by atoms with Gasteiger partial charge < -0.3 is 10.5 Å². The zero-order valence-electron chi connectivity index (χ0n) is 9.53. The van der Waals surface area contributed by atoms with Gasteiger partial charge in [0.05, 0.1) is 0 Å². The smallest absolute Gasteiger partial charge is 0.369 e. The number of halogens is 3. The number of alkyl halides is 3. The Bertz CT molecular complexity index is 174. The Morgan fingerprint density at radius 1 is 1.20 bits per heavy atom. The summed E-state index contributed by atoms with van der Waals surface area (Å²) in [5, 5.41) is 0. The predicted octanol–water partition coefficient (Wildman–Crippen LogP) is 2.72. The molecular weight excluding hydrogens is 207 g/mol. The summed E-state index contributed by atoms with van der Waals surface area (Å²) in [5.74, 6) is 0. The maximum atomic E-state index is 12.3. The minimum atomic E-state index is -4.31. The highest BCUT2D eigenvalue weighted by Crippen LogP contribution is 2.26. The molecule has 0 aromatic carbocycles. The number of hydrogen-bond donors (Lipinski definition) is 1. The van der Waals surface area contributed by atoms with Crippen molar-refractivity contribution in [1.29, 1.82) is 0 Å². The summed E-state index contributed by atoms with van der Waals surface area (Å²) in [6.07, 6.45) is -5.60. The van der Waals surface area contributed by atoms with Crippen LogP contribution in [0.1, 0.15) is 33.6 Å². The van der Waals surface area contributed by atoms with E-state index in [0.29, 0.717) is 6.42 Å². The summed E-state index contributed by atoms with van der Waals surface area (Å²) in [4.78, 5) is 0. The van der Waals surface area contributed by atoms with Gasteiger partial charge >= 0.3 is 6.18 Å². The molecule has 0 aliphatic rings. The predicted molar refractivity (Wildman–Crippen MR) is 53.5 cm³/mol. The van der Waals surface area contributed by atoms with Gasteiger partial charge in [-0.1, -0.05) is 20.8 Å². The van der Waals surface area contributed by atoms with Gasteiger partial charge in [-0.3, -0.25) is 0 Å². The second-order valence-corrected chi connectivity index (χ2v) is 4.79. The molecule has 0 amide bonds. The van der Waals surface area contributed by atoms with Gasteiger partial charge in [0.15, 0.2) is 6.10 Å². The minimum absolute atomic E-state index is 0.0142. The second-order valence-electron chi connectivity index (χ2n) is 4.79. The van der Waals surface area contributed by atoms with Crippen molar-refractivity contribution in [3.05, 3.63) is 0 Å². The molecule has 92 valence electrons. The van der Waals surface area contributed by atoms with Gasteiger partial charge in [-0.05, 0) is 24.8 Å². The third kappa shape index (κ3) is 7.62. The monoisotopic (exact) mass is 227 g/mol. The lowest BCUT2D eigenvalue weighted by molar-refractivity contribution is -0.222. The molecule has 0 heterocycles. The number of ether oxygens (including phenoxy) is 1. The molecular formula is C10H20F3NO. The first-order valence-corrected chi connectivity index (χ1v) is 5.05. The number of nitrogens with two attached hydrogens (primary N) is 1. The van der Waals surface area contributed by atoms with Crippen molar-refractivity contribution in [2.75, 3.05) is 13.2 Å². The van der Waals surface area contributed by atoms with Crippen molar-refractivity contribution in [2.24, 2.45) is 11.1 Å². The highest BCUT2D eigenvalue weighted by atomic mass is 19.4. The van der Waals surface area contributed by atoms with Crippen molar-refractivity contribution >= 4 is 0 Å². The van der Waals surface area contributed by atoms with Gasteiger partial charge in [0.25, 0.3) is 0 Å². The third-order valence-electron chi connectivity index (χ3n) is 1.97. The first-order valence-electron chi connectivity index (χ1n) is 5.05. The van der Waals surface area contributed by atoms with Crippen LogP contribution >= 0.6 is 0 Å².